The van der Waals surface area contributed by atoms with Crippen molar-refractivity contribution >= 4 is 23.2 Å². The van der Waals surface area contributed by atoms with E-state index in [4.69, 9.17) is 4.74 Å². The fourth-order valence-electron chi connectivity index (χ4n) is 2.67. The molecule has 30 heavy (non-hydrogen) atoms. The van der Waals surface area contributed by atoms with Gasteiger partial charge in [-0.25, -0.2) is 0 Å². The molecule has 0 bridgehead atoms. The standard InChI is InChI=1S/C21H17N5O3S/c27-20(16-12-22-26-23-16)24-25-21(28)19-17(29-13-14-7-3-1-4-8-14)11-18(30-19)15-9-5-2-6-10-15/h1-12H,13H2,(H,24,27)(H,25,28)(H,22,23,26). The molecule has 0 unspecified atom stereocenters. The highest BCUT2D eigenvalue weighted by atomic mass is 32.1. The zero-order valence-electron chi connectivity index (χ0n) is 15.7. The second-order valence-electron chi connectivity index (χ2n) is 6.21. The number of amides is 2. The molecule has 0 aliphatic rings. The maximum Gasteiger partial charge on any atom is 0.291 e. The molecule has 0 atom stereocenters. The Morgan fingerprint density at radius 3 is 2.37 bits per heavy atom. The van der Waals surface area contributed by atoms with Gasteiger partial charge in [-0.1, -0.05) is 60.7 Å². The van der Waals surface area contributed by atoms with Crippen molar-refractivity contribution in [1.29, 1.82) is 0 Å². The molecule has 2 heterocycles. The van der Waals surface area contributed by atoms with Gasteiger partial charge in [-0.15, -0.1) is 11.3 Å². The molecule has 3 N–H and O–H groups in total. The number of hydrogen-bond donors (Lipinski definition) is 3. The Morgan fingerprint density at radius 1 is 0.967 bits per heavy atom. The van der Waals surface area contributed by atoms with Crippen LogP contribution in [0.15, 0.2) is 72.9 Å². The van der Waals surface area contributed by atoms with Gasteiger partial charge in [0, 0.05) is 4.88 Å². The average molecular weight is 419 g/mol. The number of hydrazine groups is 1. The lowest BCUT2D eigenvalue weighted by atomic mass is 10.2. The Kier molecular flexibility index (Phi) is 5.81. The van der Waals surface area contributed by atoms with E-state index in [2.05, 4.69) is 26.3 Å². The Balaban J connectivity index is 1.53. The van der Waals surface area contributed by atoms with Gasteiger partial charge in [-0.3, -0.25) is 20.4 Å². The highest BCUT2D eigenvalue weighted by Gasteiger charge is 2.20. The summed E-state index contributed by atoms with van der Waals surface area (Å²) in [5, 5.41) is 9.58. The van der Waals surface area contributed by atoms with Crippen LogP contribution >= 0.6 is 11.3 Å². The molecule has 9 heteroatoms. The van der Waals surface area contributed by atoms with Crippen molar-refractivity contribution in [2.75, 3.05) is 0 Å². The highest BCUT2D eigenvalue weighted by Crippen LogP contribution is 2.36. The first kappa shape index (κ1) is 19.3. The summed E-state index contributed by atoms with van der Waals surface area (Å²) < 4.78 is 5.94. The molecule has 150 valence electrons. The minimum atomic E-state index is -0.580. The van der Waals surface area contributed by atoms with Gasteiger partial charge in [0.25, 0.3) is 11.8 Å². The normalized spacial score (nSPS) is 10.4. The molecule has 4 rings (SSSR count). The minimum absolute atomic E-state index is 0.0620. The maximum atomic E-state index is 12.8. The number of rotatable bonds is 6. The molecule has 0 fully saturated rings. The molecule has 0 saturated heterocycles. The summed E-state index contributed by atoms with van der Waals surface area (Å²) in [6, 6.07) is 21.2. The molecular weight excluding hydrogens is 402 g/mol. The predicted molar refractivity (Wildman–Crippen MR) is 112 cm³/mol. The lowest BCUT2D eigenvalue weighted by molar-refractivity contribution is 0.0844. The van der Waals surface area contributed by atoms with Crippen molar-refractivity contribution in [1.82, 2.24) is 26.3 Å². The number of nitrogens with one attached hydrogen (secondary N) is 3. The second kappa shape index (κ2) is 9.01. The molecule has 2 aromatic heterocycles. The van der Waals surface area contributed by atoms with E-state index in [0.29, 0.717) is 17.2 Å². The van der Waals surface area contributed by atoms with E-state index in [1.807, 2.05) is 66.7 Å². The van der Waals surface area contributed by atoms with Crippen LogP contribution in [0.25, 0.3) is 10.4 Å². The monoisotopic (exact) mass is 419 g/mol. The van der Waals surface area contributed by atoms with E-state index in [0.717, 1.165) is 16.0 Å². The van der Waals surface area contributed by atoms with Gasteiger partial charge in [0.1, 0.15) is 17.2 Å². The molecule has 0 radical (unpaired) electrons. The van der Waals surface area contributed by atoms with Crippen LogP contribution in [-0.4, -0.2) is 27.2 Å². The SMILES string of the molecule is O=C(NNC(=O)c1sc(-c2ccccc2)cc1OCc1ccccc1)c1cn[nH]n1. The van der Waals surface area contributed by atoms with E-state index in [9.17, 15) is 9.59 Å². The molecule has 0 spiro atoms. The van der Waals surface area contributed by atoms with E-state index in [1.165, 1.54) is 17.5 Å². The number of nitrogens with zero attached hydrogens (tertiary/aromatic N) is 2. The van der Waals surface area contributed by atoms with Crippen LogP contribution in [0.2, 0.25) is 0 Å². The lowest BCUT2D eigenvalue weighted by Crippen LogP contribution is -2.41. The van der Waals surface area contributed by atoms with Gasteiger partial charge in [0.2, 0.25) is 0 Å². The average Bonchev–Trinajstić information content (AvgIpc) is 3.48. The minimum Gasteiger partial charge on any atom is -0.487 e. The van der Waals surface area contributed by atoms with Crippen LogP contribution in [0.4, 0.5) is 0 Å². The Bertz CT molecular complexity index is 1130. The third-order valence-corrected chi connectivity index (χ3v) is 5.30. The van der Waals surface area contributed by atoms with Crippen molar-refractivity contribution in [3.8, 4) is 16.2 Å². The van der Waals surface area contributed by atoms with Crippen LogP contribution in [0.1, 0.15) is 25.7 Å². The summed E-state index contributed by atoms with van der Waals surface area (Å²) in [6.07, 6.45) is 1.26. The first-order valence-electron chi connectivity index (χ1n) is 9.03. The zero-order valence-corrected chi connectivity index (χ0v) is 16.5. The van der Waals surface area contributed by atoms with E-state index < -0.39 is 11.8 Å². The number of carbonyl (C=O) groups excluding carboxylic acids is 2. The summed E-state index contributed by atoms with van der Waals surface area (Å²) in [7, 11) is 0. The number of hydrogen-bond acceptors (Lipinski definition) is 6. The van der Waals surface area contributed by atoms with Crippen LogP contribution in [-0.2, 0) is 6.61 Å². The maximum absolute atomic E-state index is 12.8. The molecule has 4 aromatic rings. The molecule has 0 aliphatic carbocycles. The lowest BCUT2D eigenvalue weighted by Gasteiger charge is -2.08. The number of H-pyrrole nitrogens is 1. The molecule has 0 saturated carbocycles. The summed E-state index contributed by atoms with van der Waals surface area (Å²) >= 11 is 1.28. The van der Waals surface area contributed by atoms with Gasteiger partial charge in [0.05, 0.1) is 6.20 Å². The van der Waals surface area contributed by atoms with Gasteiger partial charge in [-0.2, -0.15) is 15.4 Å². The van der Waals surface area contributed by atoms with Crippen molar-refractivity contribution < 1.29 is 14.3 Å². The second-order valence-corrected chi connectivity index (χ2v) is 7.26. The van der Waals surface area contributed by atoms with Crippen LogP contribution in [0.5, 0.6) is 5.75 Å². The summed E-state index contributed by atoms with van der Waals surface area (Å²) in [6.45, 7) is 0.317. The topological polar surface area (TPSA) is 109 Å². The fraction of sp³-hybridized carbons (Fsp3) is 0.0476. The van der Waals surface area contributed by atoms with Crippen molar-refractivity contribution in [2.24, 2.45) is 0 Å². The third-order valence-electron chi connectivity index (χ3n) is 4.14. The highest BCUT2D eigenvalue weighted by molar-refractivity contribution is 7.17. The Hall–Kier alpha value is -3.98. The third kappa shape index (κ3) is 4.53. The van der Waals surface area contributed by atoms with Crippen molar-refractivity contribution in [2.45, 2.75) is 6.61 Å². The van der Waals surface area contributed by atoms with E-state index in [1.54, 1.807) is 0 Å². The fourth-order valence-corrected chi connectivity index (χ4v) is 3.67. The largest absolute Gasteiger partial charge is 0.487 e. The number of aromatic amines is 1. The zero-order chi connectivity index (χ0) is 20.8. The van der Waals surface area contributed by atoms with Gasteiger partial charge in [-0.05, 0) is 17.2 Å². The summed E-state index contributed by atoms with van der Waals surface area (Å²) in [5.74, 6) is -0.623. The van der Waals surface area contributed by atoms with Crippen LogP contribution in [0, 0.1) is 0 Å². The van der Waals surface area contributed by atoms with Gasteiger partial charge in [0.15, 0.2) is 5.69 Å². The first-order valence-corrected chi connectivity index (χ1v) is 9.85. The van der Waals surface area contributed by atoms with Gasteiger partial charge >= 0.3 is 0 Å². The van der Waals surface area contributed by atoms with Crippen LogP contribution in [0.3, 0.4) is 0 Å². The summed E-state index contributed by atoms with van der Waals surface area (Å²) in [5.41, 5.74) is 6.74. The molecule has 2 aromatic carbocycles. The van der Waals surface area contributed by atoms with E-state index in [-0.39, 0.29) is 5.69 Å². The quantitative estimate of drug-likeness (QED) is 0.416. The molecular formula is C21H17N5O3S. The Morgan fingerprint density at radius 2 is 1.67 bits per heavy atom. The number of aromatic nitrogens is 3. The number of ether oxygens (including phenoxy) is 1. The molecule has 0 aliphatic heterocycles. The number of thiophene rings is 1. The molecule has 2 amide bonds. The van der Waals surface area contributed by atoms with Crippen molar-refractivity contribution in [3.63, 3.8) is 0 Å². The van der Waals surface area contributed by atoms with Gasteiger partial charge < -0.3 is 4.74 Å². The molecule has 8 nitrogen and oxygen atoms in total. The van der Waals surface area contributed by atoms with Crippen molar-refractivity contribution in [3.05, 3.63) is 89.1 Å². The van der Waals surface area contributed by atoms with E-state index >= 15 is 0 Å². The summed E-state index contributed by atoms with van der Waals surface area (Å²) in [4.78, 5) is 26.0. The number of carbonyl (C=O) groups is 2. The van der Waals surface area contributed by atoms with Crippen LogP contribution < -0.4 is 15.6 Å². The smallest absolute Gasteiger partial charge is 0.291 e. The predicted octanol–water partition coefficient (Wildman–Crippen LogP) is 3.19. The number of benzene rings is 2. The Labute approximate surface area is 175 Å². The first-order chi connectivity index (χ1) is 14.7.